The Hall–Kier alpha value is -3.34. The number of hydrogen-bond donors (Lipinski definition) is 1. The number of carbonyl (C=O) groups is 2. The van der Waals surface area contributed by atoms with Crippen LogP contribution in [0.2, 0.25) is 0 Å². The predicted molar refractivity (Wildman–Crippen MR) is 100 cm³/mol. The SMILES string of the molecule is CCOC(=O)c1ccccc1NC(=O)COc1cccc2ccccc12. The first-order chi connectivity index (χ1) is 12.7. The molecule has 0 saturated heterocycles. The van der Waals surface area contributed by atoms with E-state index in [1.165, 1.54) is 0 Å². The first-order valence-corrected chi connectivity index (χ1v) is 8.35. The highest BCUT2D eigenvalue weighted by Gasteiger charge is 2.14. The van der Waals surface area contributed by atoms with Crippen LogP contribution in [0.5, 0.6) is 5.75 Å². The van der Waals surface area contributed by atoms with Crippen LogP contribution >= 0.6 is 0 Å². The Morgan fingerprint density at radius 3 is 2.50 bits per heavy atom. The molecule has 0 bridgehead atoms. The fourth-order valence-electron chi connectivity index (χ4n) is 2.63. The van der Waals surface area contributed by atoms with Gasteiger partial charge in [0, 0.05) is 5.39 Å². The second-order valence-corrected chi connectivity index (χ2v) is 5.58. The summed E-state index contributed by atoms with van der Waals surface area (Å²) in [6.07, 6.45) is 0. The minimum absolute atomic E-state index is 0.162. The monoisotopic (exact) mass is 349 g/mol. The molecular formula is C21H19NO4. The summed E-state index contributed by atoms with van der Waals surface area (Å²) in [5, 5.41) is 4.68. The van der Waals surface area contributed by atoms with Crippen molar-refractivity contribution < 1.29 is 19.1 Å². The summed E-state index contributed by atoms with van der Waals surface area (Å²) in [7, 11) is 0. The number of esters is 1. The maximum Gasteiger partial charge on any atom is 0.340 e. The summed E-state index contributed by atoms with van der Waals surface area (Å²) >= 11 is 0. The lowest BCUT2D eigenvalue weighted by atomic mass is 10.1. The molecule has 0 unspecified atom stereocenters. The highest BCUT2D eigenvalue weighted by Crippen LogP contribution is 2.25. The van der Waals surface area contributed by atoms with E-state index in [4.69, 9.17) is 9.47 Å². The Morgan fingerprint density at radius 2 is 1.65 bits per heavy atom. The number of fused-ring (bicyclic) bond motifs is 1. The molecule has 0 atom stereocenters. The van der Waals surface area contributed by atoms with Crippen LogP contribution in [0.25, 0.3) is 10.8 Å². The van der Waals surface area contributed by atoms with Crippen LogP contribution in [0.1, 0.15) is 17.3 Å². The molecule has 5 heteroatoms. The van der Waals surface area contributed by atoms with E-state index in [0.29, 0.717) is 17.0 Å². The van der Waals surface area contributed by atoms with Crippen molar-refractivity contribution in [1.82, 2.24) is 0 Å². The van der Waals surface area contributed by atoms with Gasteiger partial charge in [0.1, 0.15) is 5.75 Å². The van der Waals surface area contributed by atoms with Crippen LogP contribution in [-0.2, 0) is 9.53 Å². The Labute approximate surface area is 151 Å². The van der Waals surface area contributed by atoms with Gasteiger partial charge in [-0.25, -0.2) is 4.79 Å². The number of para-hydroxylation sites is 1. The van der Waals surface area contributed by atoms with Gasteiger partial charge in [-0.1, -0.05) is 48.5 Å². The standard InChI is InChI=1S/C21H19NO4/c1-2-25-21(24)17-11-5-6-12-18(17)22-20(23)14-26-19-13-7-9-15-8-3-4-10-16(15)19/h3-13H,2,14H2,1H3,(H,22,23). The smallest absolute Gasteiger partial charge is 0.340 e. The van der Waals surface area contributed by atoms with Crippen LogP contribution in [-0.4, -0.2) is 25.1 Å². The zero-order chi connectivity index (χ0) is 18.4. The van der Waals surface area contributed by atoms with Crippen molar-refractivity contribution in [3.63, 3.8) is 0 Å². The van der Waals surface area contributed by atoms with Crippen molar-refractivity contribution in [2.45, 2.75) is 6.92 Å². The lowest BCUT2D eigenvalue weighted by molar-refractivity contribution is -0.118. The minimum atomic E-state index is -0.474. The van der Waals surface area contributed by atoms with Gasteiger partial charge in [-0.2, -0.15) is 0 Å². The quantitative estimate of drug-likeness (QED) is 0.682. The number of benzene rings is 3. The van der Waals surface area contributed by atoms with Crippen molar-refractivity contribution >= 4 is 28.3 Å². The topological polar surface area (TPSA) is 64.6 Å². The minimum Gasteiger partial charge on any atom is -0.483 e. The van der Waals surface area contributed by atoms with E-state index in [9.17, 15) is 9.59 Å². The zero-order valence-electron chi connectivity index (χ0n) is 14.4. The maximum absolute atomic E-state index is 12.3. The van der Waals surface area contributed by atoms with E-state index in [2.05, 4.69) is 5.32 Å². The van der Waals surface area contributed by atoms with E-state index >= 15 is 0 Å². The first kappa shape index (κ1) is 17.5. The lowest BCUT2D eigenvalue weighted by Crippen LogP contribution is -2.22. The Kier molecular flexibility index (Phi) is 5.49. The van der Waals surface area contributed by atoms with Gasteiger partial charge >= 0.3 is 5.97 Å². The molecule has 0 radical (unpaired) electrons. The molecule has 0 spiro atoms. The van der Waals surface area contributed by atoms with Gasteiger partial charge in [-0.05, 0) is 30.5 Å². The fourth-order valence-corrected chi connectivity index (χ4v) is 2.63. The number of rotatable bonds is 6. The summed E-state index contributed by atoms with van der Waals surface area (Å²) < 4.78 is 10.7. The molecule has 1 N–H and O–H groups in total. The second-order valence-electron chi connectivity index (χ2n) is 5.58. The summed E-state index contributed by atoms with van der Waals surface area (Å²) in [5.74, 6) is -0.190. The summed E-state index contributed by atoms with van der Waals surface area (Å²) in [6.45, 7) is 1.84. The molecule has 5 nitrogen and oxygen atoms in total. The van der Waals surface area contributed by atoms with Crippen LogP contribution in [0.15, 0.2) is 66.7 Å². The van der Waals surface area contributed by atoms with Gasteiger partial charge in [-0.15, -0.1) is 0 Å². The van der Waals surface area contributed by atoms with E-state index in [-0.39, 0.29) is 19.1 Å². The number of carbonyl (C=O) groups excluding carboxylic acids is 2. The molecule has 26 heavy (non-hydrogen) atoms. The zero-order valence-corrected chi connectivity index (χ0v) is 14.4. The molecule has 3 rings (SSSR count). The van der Waals surface area contributed by atoms with Crippen LogP contribution in [0.4, 0.5) is 5.69 Å². The van der Waals surface area contributed by atoms with Gasteiger partial charge in [0.25, 0.3) is 5.91 Å². The van der Waals surface area contributed by atoms with Gasteiger partial charge in [0.2, 0.25) is 0 Å². The molecule has 0 fully saturated rings. The summed E-state index contributed by atoms with van der Waals surface area (Å²) in [6, 6.07) is 20.2. The Morgan fingerprint density at radius 1 is 0.923 bits per heavy atom. The normalized spacial score (nSPS) is 10.3. The second kappa shape index (κ2) is 8.16. The third kappa shape index (κ3) is 4.00. The van der Waals surface area contributed by atoms with E-state index in [0.717, 1.165) is 10.8 Å². The largest absolute Gasteiger partial charge is 0.483 e. The van der Waals surface area contributed by atoms with Gasteiger partial charge < -0.3 is 14.8 Å². The number of hydrogen-bond acceptors (Lipinski definition) is 4. The molecule has 0 aliphatic carbocycles. The van der Waals surface area contributed by atoms with Crippen molar-refractivity contribution in [3.8, 4) is 5.75 Å². The fraction of sp³-hybridized carbons (Fsp3) is 0.143. The molecule has 0 aliphatic heterocycles. The third-order valence-electron chi connectivity index (χ3n) is 3.80. The van der Waals surface area contributed by atoms with E-state index in [1.54, 1.807) is 31.2 Å². The molecule has 0 aromatic heterocycles. The van der Waals surface area contributed by atoms with Gasteiger partial charge in [0.15, 0.2) is 6.61 Å². The first-order valence-electron chi connectivity index (χ1n) is 8.35. The van der Waals surface area contributed by atoms with Crippen LogP contribution < -0.4 is 10.1 Å². The summed E-state index contributed by atoms with van der Waals surface area (Å²) in [4.78, 5) is 24.2. The molecular weight excluding hydrogens is 330 g/mol. The molecule has 0 heterocycles. The Balaban J connectivity index is 1.69. The maximum atomic E-state index is 12.3. The van der Waals surface area contributed by atoms with Crippen LogP contribution in [0, 0.1) is 0 Å². The molecule has 0 aliphatic rings. The van der Waals surface area contributed by atoms with Gasteiger partial charge in [-0.3, -0.25) is 4.79 Å². The van der Waals surface area contributed by atoms with Crippen molar-refractivity contribution in [3.05, 3.63) is 72.3 Å². The third-order valence-corrected chi connectivity index (χ3v) is 3.80. The van der Waals surface area contributed by atoms with Crippen LogP contribution in [0.3, 0.4) is 0 Å². The van der Waals surface area contributed by atoms with Crippen molar-refractivity contribution in [2.24, 2.45) is 0 Å². The number of amides is 1. The van der Waals surface area contributed by atoms with E-state index < -0.39 is 5.97 Å². The molecule has 3 aromatic carbocycles. The molecule has 1 amide bonds. The predicted octanol–water partition coefficient (Wildman–Crippen LogP) is 4.03. The average molecular weight is 349 g/mol. The number of nitrogens with one attached hydrogen (secondary N) is 1. The summed E-state index contributed by atoms with van der Waals surface area (Å²) in [5.41, 5.74) is 0.713. The number of ether oxygens (including phenoxy) is 2. The Bertz CT molecular complexity index is 931. The molecule has 3 aromatic rings. The number of anilines is 1. The van der Waals surface area contributed by atoms with Crippen molar-refractivity contribution in [1.29, 1.82) is 0 Å². The van der Waals surface area contributed by atoms with Gasteiger partial charge in [0.05, 0.1) is 17.9 Å². The highest BCUT2D eigenvalue weighted by atomic mass is 16.5. The van der Waals surface area contributed by atoms with E-state index in [1.807, 2.05) is 42.5 Å². The average Bonchev–Trinajstić information content (AvgIpc) is 2.67. The van der Waals surface area contributed by atoms with Crippen molar-refractivity contribution in [2.75, 3.05) is 18.5 Å². The molecule has 132 valence electrons. The lowest BCUT2D eigenvalue weighted by Gasteiger charge is -2.12. The highest BCUT2D eigenvalue weighted by molar-refractivity contribution is 6.01. The molecule has 0 saturated carbocycles.